The SMILES string of the molecule is CCC(CNC(=O)CNCC(F)(F)F)C(=O)O. The topological polar surface area (TPSA) is 78.4 Å². The van der Waals surface area contributed by atoms with E-state index in [4.69, 9.17) is 5.11 Å². The van der Waals surface area contributed by atoms with Crippen molar-refractivity contribution in [2.24, 2.45) is 5.92 Å². The summed E-state index contributed by atoms with van der Waals surface area (Å²) in [5.74, 6) is -2.42. The number of carbonyl (C=O) groups is 2. The Balaban J connectivity index is 3.76. The molecule has 0 aliphatic carbocycles. The van der Waals surface area contributed by atoms with Crippen molar-refractivity contribution in [3.8, 4) is 0 Å². The Kier molecular flexibility index (Phi) is 6.55. The van der Waals surface area contributed by atoms with Crippen molar-refractivity contribution in [3.05, 3.63) is 0 Å². The number of carboxylic acid groups (broad SMARTS) is 1. The molecule has 0 aliphatic rings. The average molecular weight is 256 g/mol. The molecule has 0 aromatic carbocycles. The van der Waals surface area contributed by atoms with Crippen LogP contribution in [0.3, 0.4) is 0 Å². The van der Waals surface area contributed by atoms with Gasteiger partial charge in [0, 0.05) is 6.54 Å². The molecule has 1 atom stereocenters. The van der Waals surface area contributed by atoms with Crippen LogP contribution in [0.5, 0.6) is 0 Å². The number of alkyl halides is 3. The van der Waals surface area contributed by atoms with Crippen molar-refractivity contribution >= 4 is 11.9 Å². The smallest absolute Gasteiger partial charge is 0.401 e. The lowest BCUT2D eigenvalue weighted by molar-refractivity contribution is -0.141. The normalized spacial score (nSPS) is 13.2. The van der Waals surface area contributed by atoms with E-state index in [1.165, 1.54) is 0 Å². The van der Waals surface area contributed by atoms with Gasteiger partial charge in [-0.3, -0.25) is 9.59 Å². The lowest BCUT2D eigenvalue weighted by Crippen LogP contribution is -2.40. The highest BCUT2D eigenvalue weighted by atomic mass is 19.4. The molecule has 0 heterocycles. The lowest BCUT2D eigenvalue weighted by Gasteiger charge is -2.12. The fourth-order valence-electron chi connectivity index (χ4n) is 1.02. The van der Waals surface area contributed by atoms with Crippen LogP contribution in [-0.4, -0.2) is 42.8 Å². The molecule has 0 aromatic heterocycles. The molecule has 0 aliphatic heterocycles. The Morgan fingerprint density at radius 2 is 1.94 bits per heavy atom. The van der Waals surface area contributed by atoms with Crippen LogP contribution in [0, 0.1) is 5.92 Å². The summed E-state index contributed by atoms with van der Waals surface area (Å²) in [6.45, 7) is -0.183. The van der Waals surface area contributed by atoms with Crippen LogP contribution in [-0.2, 0) is 9.59 Å². The first-order chi connectivity index (χ1) is 7.76. The largest absolute Gasteiger partial charge is 0.481 e. The second kappa shape index (κ2) is 7.10. The third-order valence-corrected chi connectivity index (χ3v) is 2.00. The molecule has 0 saturated heterocycles. The highest BCUT2D eigenvalue weighted by Gasteiger charge is 2.26. The molecule has 8 heteroatoms. The molecule has 3 N–H and O–H groups in total. The van der Waals surface area contributed by atoms with Gasteiger partial charge >= 0.3 is 12.1 Å². The Bertz CT molecular complexity index is 269. The van der Waals surface area contributed by atoms with Crippen LogP contribution in [0.2, 0.25) is 0 Å². The zero-order valence-electron chi connectivity index (χ0n) is 9.30. The van der Waals surface area contributed by atoms with Crippen LogP contribution in [0.4, 0.5) is 13.2 Å². The average Bonchev–Trinajstić information content (AvgIpc) is 2.16. The van der Waals surface area contributed by atoms with E-state index in [1.807, 2.05) is 5.32 Å². The Hall–Kier alpha value is -1.31. The Morgan fingerprint density at radius 1 is 1.35 bits per heavy atom. The third kappa shape index (κ3) is 8.49. The summed E-state index contributed by atoms with van der Waals surface area (Å²) in [6.07, 6.45) is -4.03. The van der Waals surface area contributed by atoms with Crippen LogP contribution >= 0.6 is 0 Å². The quantitative estimate of drug-likeness (QED) is 0.614. The standard InChI is InChI=1S/C9H15F3N2O3/c1-2-6(8(16)17)3-14-7(15)4-13-5-9(10,11)12/h6,13H,2-5H2,1H3,(H,14,15)(H,16,17). The number of rotatable bonds is 7. The van der Waals surface area contributed by atoms with Crippen molar-refractivity contribution < 1.29 is 27.9 Å². The van der Waals surface area contributed by atoms with Crippen molar-refractivity contribution in [3.63, 3.8) is 0 Å². The number of hydrogen-bond donors (Lipinski definition) is 3. The van der Waals surface area contributed by atoms with E-state index in [0.717, 1.165) is 0 Å². The Labute approximate surface area is 96.4 Å². The summed E-state index contributed by atoms with van der Waals surface area (Å²) in [6, 6.07) is 0. The highest BCUT2D eigenvalue weighted by Crippen LogP contribution is 2.11. The summed E-state index contributed by atoms with van der Waals surface area (Å²) < 4.78 is 35.1. The molecule has 0 aromatic rings. The molecule has 5 nitrogen and oxygen atoms in total. The van der Waals surface area contributed by atoms with Crippen molar-refractivity contribution in [1.82, 2.24) is 10.6 Å². The second-order valence-electron chi connectivity index (χ2n) is 3.47. The highest BCUT2D eigenvalue weighted by molar-refractivity contribution is 5.79. The summed E-state index contributed by atoms with van der Waals surface area (Å²) >= 11 is 0. The number of amides is 1. The van der Waals surface area contributed by atoms with Crippen molar-refractivity contribution in [2.45, 2.75) is 19.5 Å². The van der Waals surface area contributed by atoms with Crippen LogP contribution < -0.4 is 10.6 Å². The van der Waals surface area contributed by atoms with Crippen LogP contribution in [0.1, 0.15) is 13.3 Å². The van der Waals surface area contributed by atoms with Gasteiger partial charge in [0.25, 0.3) is 0 Å². The first kappa shape index (κ1) is 15.7. The van der Waals surface area contributed by atoms with E-state index in [1.54, 1.807) is 6.92 Å². The molecule has 0 saturated carbocycles. The number of hydrogen-bond acceptors (Lipinski definition) is 3. The van der Waals surface area contributed by atoms with Gasteiger partial charge < -0.3 is 15.7 Å². The number of aliphatic carboxylic acids is 1. The molecule has 0 radical (unpaired) electrons. The van der Waals surface area contributed by atoms with E-state index in [-0.39, 0.29) is 6.54 Å². The van der Waals surface area contributed by atoms with Crippen LogP contribution in [0.25, 0.3) is 0 Å². The van der Waals surface area contributed by atoms with Gasteiger partial charge in [0.05, 0.1) is 19.0 Å². The molecule has 0 spiro atoms. The molecule has 0 bridgehead atoms. The molecule has 17 heavy (non-hydrogen) atoms. The molecular formula is C9H15F3N2O3. The van der Waals surface area contributed by atoms with Crippen molar-refractivity contribution in [2.75, 3.05) is 19.6 Å². The van der Waals surface area contributed by atoms with E-state index in [0.29, 0.717) is 6.42 Å². The van der Waals surface area contributed by atoms with E-state index in [9.17, 15) is 22.8 Å². The van der Waals surface area contributed by atoms with Gasteiger partial charge in [0.15, 0.2) is 0 Å². The predicted molar refractivity (Wildman–Crippen MR) is 53.4 cm³/mol. The molecular weight excluding hydrogens is 241 g/mol. The minimum absolute atomic E-state index is 0.0850. The third-order valence-electron chi connectivity index (χ3n) is 2.00. The Morgan fingerprint density at radius 3 is 2.35 bits per heavy atom. The maximum Gasteiger partial charge on any atom is 0.401 e. The predicted octanol–water partition coefficient (Wildman–Crippen LogP) is 0.365. The van der Waals surface area contributed by atoms with E-state index in [2.05, 4.69) is 5.32 Å². The van der Waals surface area contributed by atoms with Gasteiger partial charge in [-0.1, -0.05) is 6.92 Å². The maximum absolute atomic E-state index is 11.7. The van der Waals surface area contributed by atoms with Gasteiger partial charge in [0.1, 0.15) is 0 Å². The molecule has 100 valence electrons. The number of halogens is 3. The lowest BCUT2D eigenvalue weighted by atomic mass is 10.1. The van der Waals surface area contributed by atoms with Gasteiger partial charge in [-0.25, -0.2) is 0 Å². The minimum Gasteiger partial charge on any atom is -0.481 e. The second-order valence-corrected chi connectivity index (χ2v) is 3.47. The summed E-state index contributed by atoms with van der Waals surface area (Å²) in [5.41, 5.74) is 0. The fraction of sp³-hybridized carbons (Fsp3) is 0.778. The number of carbonyl (C=O) groups excluding carboxylic acids is 1. The van der Waals surface area contributed by atoms with Gasteiger partial charge in [-0.15, -0.1) is 0 Å². The zero-order valence-corrected chi connectivity index (χ0v) is 9.30. The fourth-order valence-corrected chi connectivity index (χ4v) is 1.02. The number of nitrogens with one attached hydrogen (secondary N) is 2. The molecule has 1 amide bonds. The minimum atomic E-state index is -4.37. The van der Waals surface area contributed by atoms with E-state index >= 15 is 0 Å². The first-order valence-electron chi connectivity index (χ1n) is 5.03. The van der Waals surface area contributed by atoms with Gasteiger partial charge in [-0.05, 0) is 6.42 Å². The summed E-state index contributed by atoms with van der Waals surface area (Å²) in [5, 5.41) is 12.8. The molecule has 1 unspecified atom stereocenters. The summed E-state index contributed by atoms with van der Waals surface area (Å²) in [7, 11) is 0. The monoisotopic (exact) mass is 256 g/mol. The number of carboxylic acids is 1. The van der Waals surface area contributed by atoms with Gasteiger partial charge in [0.2, 0.25) is 5.91 Å². The molecule has 0 fully saturated rings. The summed E-state index contributed by atoms with van der Waals surface area (Å²) in [4.78, 5) is 21.6. The zero-order chi connectivity index (χ0) is 13.5. The van der Waals surface area contributed by atoms with Gasteiger partial charge in [-0.2, -0.15) is 13.2 Å². The molecule has 0 rings (SSSR count). The van der Waals surface area contributed by atoms with Crippen LogP contribution in [0.15, 0.2) is 0 Å². The van der Waals surface area contributed by atoms with E-state index < -0.39 is 37.1 Å². The van der Waals surface area contributed by atoms with Crippen molar-refractivity contribution in [1.29, 1.82) is 0 Å². The first-order valence-corrected chi connectivity index (χ1v) is 5.03. The maximum atomic E-state index is 11.7.